The lowest BCUT2D eigenvalue weighted by molar-refractivity contribution is -0.0893. The van der Waals surface area contributed by atoms with Gasteiger partial charge in [-0.2, -0.15) is 0 Å². The zero-order chi connectivity index (χ0) is 14.2. The lowest BCUT2D eigenvalue weighted by Crippen LogP contribution is -2.39. The SMILES string of the molecule is CCC(CC)(CC)OC(=O)OC(CC)(CC)CC. The van der Waals surface area contributed by atoms with Gasteiger partial charge in [0.2, 0.25) is 0 Å². The van der Waals surface area contributed by atoms with Crippen molar-refractivity contribution in [3.63, 3.8) is 0 Å². The molecular formula is C15H30O3. The van der Waals surface area contributed by atoms with E-state index >= 15 is 0 Å². The highest BCUT2D eigenvalue weighted by atomic mass is 16.7. The van der Waals surface area contributed by atoms with Crippen molar-refractivity contribution in [1.82, 2.24) is 0 Å². The Balaban J connectivity index is 4.67. The number of rotatable bonds is 8. The predicted octanol–water partition coefficient (Wildman–Crippen LogP) is 5.08. The van der Waals surface area contributed by atoms with Gasteiger partial charge in [0.25, 0.3) is 0 Å². The molecule has 0 unspecified atom stereocenters. The molecule has 0 aromatic heterocycles. The van der Waals surface area contributed by atoms with E-state index in [0.29, 0.717) is 0 Å². The van der Waals surface area contributed by atoms with Crippen LogP contribution in [0.1, 0.15) is 80.1 Å². The van der Waals surface area contributed by atoms with Gasteiger partial charge in [0.1, 0.15) is 11.2 Å². The first-order valence-electron chi connectivity index (χ1n) is 7.38. The molecule has 3 nitrogen and oxygen atoms in total. The molecule has 0 radical (unpaired) electrons. The molecule has 0 fully saturated rings. The van der Waals surface area contributed by atoms with Crippen molar-refractivity contribution in [3.8, 4) is 0 Å². The zero-order valence-electron chi connectivity index (χ0n) is 13.0. The fourth-order valence-corrected chi connectivity index (χ4v) is 2.31. The van der Waals surface area contributed by atoms with Gasteiger partial charge >= 0.3 is 6.16 Å². The van der Waals surface area contributed by atoms with Crippen molar-refractivity contribution < 1.29 is 14.3 Å². The minimum Gasteiger partial charge on any atom is -0.428 e. The molecule has 18 heavy (non-hydrogen) atoms. The molecule has 108 valence electrons. The van der Waals surface area contributed by atoms with Crippen LogP contribution >= 0.6 is 0 Å². The molecule has 0 saturated heterocycles. The summed E-state index contributed by atoms with van der Waals surface area (Å²) in [7, 11) is 0. The maximum Gasteiger partial charge on any atom is 0.509 e. The average molecular weight is 258 g/mol. The van der Waals surface area contributed by atoms with Crippen molar-refractivity contribution >= 4 is 6.16 Å². The molecule has 0 bridgehead atoms. The van der Waals surface area contributed by atoms with E-state index in [0.717, 1.165) is 38.5 Å². The van der Waals surface area contributed by atoms with Crippen LogP contribution < -0.4 is 0 Å². The van der Waals surface area contributed by atoms with Gasteiger partial charge in [-0.25, -0.2) is 4.79 Å². The highest BCUT2D eigenvalue weighted by Crippen LogP contribution is 2.29. The van der Waals surface area contributed by atoms with Gasteiger partial charge in [-0.15, -0.1) is 0 Å². The topological polar surface area (TPSA) is 35.5 Å². The van der Waals surface area contributed by atoms with Crippen LogP contribution in [0.3, 0.4) is 0 Å². The van der Waals surface area contributed by atoms with E-state index in [1.807, 2.05) is 41.5 Å². The van der Waals surface area contributed by atoms with Crippen molar-refractivity contribution in [2.75, 3.05) is 0 Å². The summed E-state index contributed by atoms with van der Waals surface area (Å²) in [6, 6.07) is 0. The molecule has 0 aliphatic rings. The van der Waals surface area contributed by atoms with Gasteiger partial charge < -0.3 is 9.47 Å². The molecule has 0 aliphatic carbocycles. The maximum absolute atomic E-state index is 12.0. The van der Waals surface area contributed by atoms with Crippen LogP contribution in [0.2, 0.25) is 0 Å². The fourth-order valence-electron chi connectivity index (χ4n) is 2.31. The Kier molecular flexibility index (Phi) is 7.34. The van der Waals surface area contributed by atoms with Crippen LogP contribution in [-0.4, -0.2) is 17.4 Å². The van der Waals surface area contributed by atoms with E-state index in [2.05, 4.69) is 0 Å². The van der Waals surface area contributed by atoms with Gasteiger partial charge in [-0.3, -0.25) is 0 Å². The van der Waals surface area contributed by atoms with E-state index in [1.54, 1.807) is 0 Å². The highest BCUT2D eigenvalue weighted by Gasteiger charge is 2.34. The summed E-state index contributed by atoms with van der Waals surface area (Å²) in [6.45, 7) is 12.3. The molecular weight excluding hydrogens is 228 g/mol. The van der Waals surface area contributed by atoms with E-state index in [1.165, 1.54) is 0 Å². The quantitative estimate of drug-likeness (QED) is 0.570. The summed E-state index contributed by atoms with van der Waals surface area (Å²) >= 11 is 0. The summed E-state index contributed by atoms with van der Waals surface area (Å²) in [4.78, 5) is 12.0. The Hall–Kier alpha value is -0.730. The molecule has 0 heterocycles. The number of carbonyl (C=O) groups is 1. The third-order valence-corrected chi connectivity index (χ3v) is 4.47. The van der Waals surface area contributed by atoms with Gasteiger partial charge in [0.15, 0.2) is 0 Å². The van der Waals surface area contributed by atoms with Gasteiger partial charge in [-0.05, 0) is 38.5 Å². The van der Waals surface area contributed by atoms with Gasteiger partial charge in [0.05, 0.1) is 0 Å². The molecule has 0 aliphatic heterocycles. The smallest absolute Gasteiger partial charge is 0.428 e. The van der Waals surface area contributed by atoms with Crippen molar-refractivity contribution in [2.24, 2.45) is 0 Å². The average Bonchev–Trinajstić information content (AvgIpc) is 2.42. The molecule has 0 saturated carbocycles. The lowest BCUT2D eigenvalue weighted by Gasteiger charge is -2.34. The number of ether oxygens (including phenoxy) is 2. The van der Waals surface area contributed by atoms with E-state index in [9.17, 15) is 4.79 Å². The molecule has 0 aromatic rings. The molecule has 0 N–H and O–H groups in total. The molecule has 0 atom stereocenters. The van der Waals surface area contributed by atoms with Crippen molar-refractivity contribution in [3.05, 3.63) is 0 Å². The lowest BCUT2D eigenvalue weighted by atomic mass is 9.93. The molecule has 0 rings (SSSR count). The zero-order valence-corrected chi connectivity index (χ0v) is 13.0. The largest absolute Gasteiger partial charge is 0.509 e. The predicted molar refractivity (Wildman–Crippen MR) is 74.8 cm³/mol. The van der Waals surface area contributed by atoms with Crippen LogP contribution in [0.25, 0.3) is 0 Å². The molecule has 3 heteroatoms. The summed E-state index contributed by atoms with van der Waals surface area (Å²) in [5.41, 5.74) is -0.726. The summed E-state index contributed by atoms with van der Waals surface area (Å²) in [5, 5.41) is 0. The second-order valence-corrected chi connectivity index (χ2v) is 4.94. The molecule has 0 amide bonds. The monoisotopic (exact) mass is 258 g/mol. The molecule has 0 aromatic carbocycles. The van der Waals surface area contributed by atoms with Gasteiger partial charge in [0, 0.05) is 0 Å². The number of hydrogen-bond acceptors (Lipinski definition) is 3. The van der Waals surface area contributed by atoms with Gasteiger partial charge in [-0.1, -0.05) is 41.5 Å². The highest BCUT2D eigenvalue weighted by molar-refractivity contribution is 5.61. The Morgan fingerprint density at radius 1 is 0.667 bits per heavy atom. The first kappa shape index (κ1) is 17.3. The number of hydrogen-bond donors (Lipinski definition) is 0. The third kappa shape index (κ3) is 4.18. The standard InChI is InChI=1S/C15H30O3/c1-7-14(8-2,9-3)17-13(16)18-15(10-4,11-5)12-6/h7-12H2,1-6H3. The minimum absolute atomic E-state index is 0.363. The van der Waals surface area contributed by atoms with E-state index < -0.39 is 6.16 Å². The first-order valence-corrected chi connectivity index (χ1v) is 7.38. The van der Waals surface area contributed by atoms with Crippen LogP contribution in [0, 0.1) is 0 Å². The van der Waals surface area contributed by atoms with E-state index in [-0.39, 0.29) is 11.2 Å². The first-order chi connectivity index (χ1) is 8.46. The van der Waals surface area contributed by atoms with E-state index in [4.69, 9.17) is 9.47 Å². The van der Waals surface area contributed by atoms with Crippen LogP contribution in [0.5, 0.6) is 0 Å². The van der Waals surface area contributed by atoms with Crippen LogP contribution in [0.15, 0.2) is 0 Å². The van der Waals surface area contributed by atoms with Crippen LogP contribution in [-0.2, 0) is 9.47 Å². The van der Waals surface area contributed by atoms with Crippen LogP contribution in [0.4, 0.5) is 4.79 Å². The van der Waals surface area contributed by atoms with Crippen molar-refractivity contribution in [2.45, 2.75) is 91.3 Å². The maximum atomic E-state index is 12.0. The second kappa shape index (κ2) is 7.65. The third-order valence-electron chi connectivity index (χ3n) is 4.47. The second-order valence-electron chi connectivity index (χ2n) is 4.94. The Bertz CT molecular complexity index is 200. The summed E-state index contributed by atoms with van der Waals surface area (Å²) in [5.74, 6) is 0. The number of carbonyl (C=O) groups excluding carboxylic acids is 1. The Labute approximate surface area is 112 Å². The normalized spacial score (nSPS) is 12.3. The minimum atomic E-state index is -0.508. The van der Waals surface area contributed by atoms with Crippen molar-refractivity contribution in [1.29, 1.82) is 0 Å². The molecule has 0 spiro atoms. The summed E-state index contributed by atoms with van der Waals surface area (Å²) in [6.07, 6.45) is 4.45. The summed E-state index contributed by atoms with van der Waals surface area (Å²) < 4.78 is 11.2. The fraction of sp³-hybridized carbons (Fsp3) is 0.933. The Morgan fingerprint density at radius 3 is 1.06 bits per heavy atom. The Morgan fingerprint density at radius 2 is 0.889 bits per heavy atom.